The molecule has 96 valence electrons. The maximum atomic E-state index is 11.7. The molecule has 1 fully saturated rings. The molecule has 0 N–H and O–H groups in total. The van der Waals surface area contributed by atoms with Crippen LogP contribution in [0, 0.1) is 5.92 Å². The van der Waals surface area contributed by atoms with Gasteiger partial charge in [0.2, 0.25) is 0 Å². The monoisotopic (exact) mass is 270 g/mol. The van der Waals surface area contributed by atoms with Crippen LogP contribution in [0.5, 0.6) is 0 Å². The van der Waals surface area contributed by atoms with E-state index in [1.54, 1.807) is 0 Å². The van der Waals surface area contributed by atoms with Crippen molar-refractivity contribution in [2.24, 2.45) is 5.92 Å². The van der Waals surface area contributed by atoms with Crippen LogP contribution in [0.15, 0.2) is 30.3 Å². The molecule has 1 unspecified atom stereocenters. The van der Waals surface area contributed by atoms with E-state index in [1.807, 2.05) is 30.3 Å². The van der Waals surface area contributed by atoms with E-state index in [0.29, 0.717) is 19.5 Å². The summed E-state index contributed by atoms with van der Waals surface area (Å²) in [6.07, 6.45) is 0.423. The number of benzene rings is 1. The van der Waals surface area contributed by atoms with Crippen molar-refractivity contribution in [2.75, 3.05) is 20.2 Å². The van der Waals surface area contributed by atoms with Crippen LogP contribution in [0.1, 0.15) is 12.0 Å². The number of ether oxygens (including phenoxy) is 1. The van der Waals surface area contributed by atoms with Gasteiger partial charge in [-0.05, 0) is 5.56 Å². The summed E-state index contributed by atoms with van der Waals surface area (Å²) in [5, 5.41) is 0. The predicted octanol–water partition coefficient (Wildman–Crippen LogP) is -1.75. The van der Waals surface area contributed by atoms with Gasteiger partial charge in [-0.15, -0.1) is 0 Å². The van der Waals surface area contributed by atoms with E-state index in [2.05, 4.69) is 9.64 Å². The zero-order chi connectivity index (χ0) is 13.0. The van der Waals surface area contributed by atoms with Gasteiger partial charge in [0, 0.05) is 26.1 Å². The van der Waals surface area contributed by atoms with Gasteiger partial charge in [0.25, 0.3) is 0 Å². The average molecular weight is 270 g/mol. The number of methoxy groups -OCH3 is 1. The van der Waals surface area contributed by atoms with Crippen LogP contribution in [0.3, 0.4) is 0 Å². The third-order valence-corrected chi connectivity index (χ3v) is 3.24. The van der Waals surface area contributed by atoms with Gasteiger partial charge < -0.3 is 4.74 Å². The number of esters is 1. The van der Waals surface area contributed by atoms with E-state index in [1.165, 1.54) is 12.7 Å². The van der Waals surface area contributed by atoms with Crippen molar-refractivity contribution in [1.29, 1.82) is 0 Å². The molecule has 19 heavy (non-hydrogen) atoms. The van der Waals surface area contributed by atoms with Crippen molar-refractivity contribution >= 4 is 11.8 Å². The van der Waals surface area contributed by atoms with E-state index in [4.69, 9.17) is 0 Å². The number of likely N-dealkylation sites (tertiary alicyclic amines) is 1. The first-order valence-electron chi connectivity index (χ1n) is 6.07. The van der Waals surface area contributed by atoms with Crippen molar-refractivity contribution < 1.29 is 43.9 Å². The predicted molar refractivity (Wildman–Crippen MR) is 66.8 cm³/mol. The van der Waals surface area contributed by atoms with Gasteiger partial charge in [0.05, 0.1) is 7.11 Å². The fourth-order valence-corrected chi connectivity index (χ4v) is 2.23. The van der Waals surface area contributed by atoms with E-state index in [9.17, 15) is 9.59 Å². The number of carbonyl (C=O) groups is 2. The van der Waals surface area contributed by atoms with Gasteiger partial charge in [-0.25, -0.2) is 0 Å². The fraction of sp³-hybridized carbons (Fsp3) is 0.429. The van der Waals surface area contributed by atoms with Crippen LogP contribution >= 0.6 is 0 Å². The zero-order valence-corrected chi connectivity index (χ0v) is 13.5. The van der Waals surface area contributed by atoms with Crippen LogP contribution in [-0.2, 0) is 20.9 Å². The Morgan fingerprint density at radius 3 is 2.68 bits per heavy atom. The van der Waals surface area contributed by atoms with E-state index in [-0.39, 0.29) is 35.3 Å². The van der Waals surface area contributed by atoms with Gasteiger partial charge >= 0.3 is 35.5 Å². The van der Waals surface area contributed by atoms with Gasteiger partial charge in [0.1, 0.15) is 11.7 Å². The molecule has 0 radical (unpaired) electrons. The molecule has 0 bridgehead atoms. The maximum Gasteiger partial charge on any atom is 1.00 e. The Morgan fingerprint density at radius 1 is 1.37 bits per heavy atom. The second-order valence-corrected chi connectivity index (χ2v) is 4.51. The smallest absolute Gasteiger partial charge is 0.468 e. The first kappa shape index (κ1) is 16.4. The summed E-state index contributed by atoms with van der Waals surface area (Å²) in [6.45, 7) is 1.93. The quantitative estimate of drug-likeness (QED) is 0.371. The Kier molecular flexibility index (Phi) is 6.72. The number of ketones is 1. The summed E-state index contributed by atoms with van der Waals surface area (Å²) >= 11 is 0. The Morgan fingerprint density at radius 2 is 2.05 bits per heavy atom. The summed E-state index contributed by atoms with van der Waals surface area (Å²) in [5.41, 5.74) is 1.19. The number of carbonyl (C=O) groups excluding carboxylic acids is 2. The molecule has 2 rings (SSSR count). The number of hydrogen-bond donors (Lipinski definition) is 0. The second kappa shape index (κ2) is 7.80. The molecular weight excluding hydrogens is 253 g/mol. The largest absolute Gasteiger partial charge is 1.00 e. The molecule has 1 heterocycles. The van der Waals surface area contributed by atoms with Crippen LogP contribution in [-0.4, -0.2) is 36.9 Å². The van der Waals surface area contributed by atoms with Crippen molar-refractivity contribution in [3.05, 3.63) is 35.9 Å². The SMILES string of the molecule is COC(=O)C1CN(Cc2ccccc2)CCC1=O.[Na+]. The molecule has 0 amide bonds. The second-order valence-electron chi connectivity index (χ2n) is 4.51. The third-order valence-electron chi connectivity index (χ3n) is 3.24. The summed E-state index contributed by atoms with van der Waals surface area (Å²) in [7, 11) is 1.33. The van der Waals surface area contributed by atoms with Crippen LogP contribution < -0.4 is 29.6 Å². The molecule has 4 nitrogen and oxygen atoms in total. The van der Waals surface area contributed by atoms with Gasteiger partial charge in [-0.1, -0.05) is 30.3 Å². The standard InChI is InChI=1S/C14H17NO3.Na/c1-18-14(17)12-10-15(8-7-13(12)16)9-11-5-3-2-4-6-11;/h2-6,12H,7-10H2,1H3;/q;+1. The summed E-state index contributed by atoms with van der Waals surface area (Å²) in [5.74, 6) is -1.05. The number of nitrogens with zero attached hydrogens (tertiary/aromatic N) is 1. The number of hydrogen-bond acceptors (Lipinski definition) is 4. The first-order chi connectivity index (χ1) is 8.70. The molecule has 5 heteroatoms. The Balaban J connectivity index is 0.00000180. The molecule has 1 atom stereocenters. The van der Waals surface area contributed by atoms with E-state index < -0.39 is 11.9 Å². The minimum absolute atomic E-state index is 0. The minimum atomic E-state index is -0.618. The molecule has 1 saturated heterocycles. The van der Waals surface area contributed by atoms with Crippen LogP contribution in [0.25, 0.3) is 0 Å². The van der Waals surface area contributed by atoms with E-state index in [0.717, 1.165) is 6.54 Å². The van der Waals surface area contributed by atoms with Crippen molar-refractivity contribution in [1.82, 2.24) is 4.90 Å². The van der Waals surface area contributed by atoms with Crippen molar-refractivity contribution in [3.8, 4) is 0 Å². The van der Waals surface area contributed by atoms with Crippen molar-refractivity contribution in [2.45, 2.75) is 13.0 Å². The Hall–Kier alpha value is -0.680. The van der Waals surface area contributed by atoms with Crippen LogP contribution in [0.4, 0.5) is 0 Å². The normalized spacial score (nSPS) is 19.6. The van der Waals surface area contributed by atoms with Crippen LogP contribution in [0.2, 0.25) is 0 Å². The zero-order valence-electron chi connectivity index (χ0n) is 11.5. The summed E-state index contributed by atoms with van der Waals surface area (Å²) in [6, 6.07) is 10.0. The fourth-order valence-electron chi connectivity index (χ4n) is 2.23. The minimum Gasteiger partial charge on any atom is -0.468 e. The molecule has 0 aliphatic carbocycles. The van der Waals surface area contributed by atoms with Gasteiger partial charge in [-0.2, -0.15) is 0 Å². The van der Waals surface area contributed by atoms with Gasteiger partial charge in [-0.3, -0.25) is 14.5 Å². The van der Waals surface area contributed by atoms with Crippen molar-refractivity contribution in [3.63, 3.8) is 0 Å². The third kappa shape index (κ3) is 4.42. The Bertz CT molecular complexity index is 428. The maximum absolute atomic E-state index is 11.7. The molecule has 1 aromatic carbocycles. The number of piperidine rings is 1. The molecule has 0 saturated carbocycles. The molecule has 0 aromatic heterocycles. The first-order valence-corrected chi connectivity index (χ1v) is 6.07. The molecular formula is C14H17NNaO3+. The molecule has 1 aromatic rings. The van der Waals surface area contributed by atoms with Gasteiger partial charge in [0.15, 0.2) is 0 Å². The topological polar surface area (TPSA) is 46.6 Å². The molecule has 1 aliphatic heterocycles. The van der Waals surface area contributed by atoms with E-state index >= 15 is 0 Å². The summed E-state index contributed by atoms with van der Waals surface area (Å²) < 4.78 is 4.67. The number of Topliss-reactive ketones (excluding diaryl/α,β-unsaturated/α-hetero) is 1. The Labute approximate surface area is 135 Å². The summed E-state index contributed by atoms with van der Waals surface area (Å²) in [4.78, 5) is 25.3. The number of rotatable bonds is 3. The average Bonchev–Trinajstić information content (AvgIpc) is 2.41. The molecule has 0 spiro atoms. The molecule has 1 aliphatic rings.